The van der Waals surface area contributed by atoms with Crippen LogP contribution in [0.3, 0.4) is 0 Å². The van der Waals surface area contributed by atoms with Crippen LogP contribution >= 0.6 is 0 Å². The molecular formula is C16H18N4O3. The molecule has 0 aliphatic heterocycles. The van der Waals surface area contributed by atoms with Crippen molar-refractivity contribution in [1.29, 1.82) is 0 Å². The summed E-state index contributed by atoms with van der Waals surface area (Å²) in [5, 5.41) is 13.7. The summed E-state index contributed by atoms with van der Waals surface area (Å²) >= 11 is 0. The first kappa shape index (κ1) is 16.4. The Morgan fingerprint density at radius 2 is 2.04 bits per heavy atom. The molecule has 23 heavy (non-hydrogen) atoms. The number of benzene rings is 1. The Kier molecular flexibility index (Phi) is 4.90. The van der Waals surface area contributed by atoms with E-state index in [4.69, 9.17) is 0 Å². The topological polar surface area (TPSA) is 88.4 Å². The highest BCUT2D eigenvalue weighted by atomic mass is 16.6. The molecule has 0 fully saturated rings. The average Bonchev–Trinajstić information content (AvgIpc) is 2.52. The van der Waals surface area contributed by atoms with Crippen molar-refractivity contribution in [3.63, 3.8) is 0 Å². The predicted molar refractivity (Wildman–Crippen MR) is 87.6 cm³/mol. The van der Waals surface area contributed by atoms with Crippen LogP contribution in [0.4, 0.5) is 11.4 Å². The maximum absolute atomic E-state index is 12.4. The van der Waals surface area contributed by atoms with Crippen molar-refractivity contribution in [3.8, 4) is 0 Å². The van der Waals surface area contributed by atoms with Gasteiger partial charge in [0.05, 0.1) is 22.7 Å². The van der Waals surface area contributed by atoms with E-state index in [9.17, 15) is 14.9 Å². The van der Waals surface area contributed by atoms with Gasteiger partial charge in [-0.1, -0.05) is 6.07 Å². The van der Waals surface area contributed by atoms with Crippen LogP contribution in [0.15, 0.2) is 36.4 Å². The molecule has 0 spiro atoms. The zero-order valence-corrected chi connectivity index (χ0v) is 13.2. The molecule has 1 heterocycles. The molecule has 1 amide bonds. The molecule has 0 unspecified atom stereocenters. The Balaban J connectivity index is 2.23. The molecule has 2 aromatic rings. The molecule has 1 aromatic carbocycles. The number of nitrogens with zero attached hydrogens (tertiary/aromatic N) is 3. The smallest absolute Gasteiger partial charge is 0.270 e. The average molecular weight is 314 g/mol. The number of non-ortho nitro benzene ring substituents is 1. The molecule has 1 aromatic heterocycles. The summed E-state index contributed by atoms with van der Waals surface area (Å²) in [4.78, 5) is 28.9. The molecule has 0 radical (unpaired) electrons. The van der Waals surface area contributed by atoms with Crippen LogP contribution in [0, 0.1) is 17.0 Å². The van der Waals surface area contributed by atoms with E-state index < -0.39 is 4.92 Å². The van der Waals surface area contributed by atoms with E-state index in [1.807, 2.05) is 25.1 Å². The van der Waals surface area contributed by atoms with Gasteiger partial charge in [0.2, 0.25) is 0 Å². The third kappa shape index (κ3) is 4.03. The molecule has 0 saturated carbocycles. The highest BCUT2D eigenvalue weighted by Crippen LogP contribution is 2.24. The first-order valence-electron chi connectivity index (χ1n) is 7.05. The van der Waals surface area contributed by atoms with Crippen molar-refractivity contribution < 1.29 is 9.72 Å². The first-order valence-corrected chi connectivity index (χ1v) is 7.05. The SMILES string of the molecule is Cc1cccc(CNC(=O)c2cc([N+](=O)[O-])ccc2N(C)C)n1. The summed E-state index contributed by atoms with van der Waals surface area (Å²) in [7, 11) is 3.56. The molecule has 1 N–H and O–H groups in total. The summed E-state index contributed by atoms with van der Waals surface area (Å²) in [5.41, 5.74) is 2.35. The van der Waals surface area contributed by atoms with E-state index in [1.165, 1.54) is 12.1 Å². The van der Waals surface area contributed by atoms with Crippen LogP contribution in [0.1, 0.15) is 21.7 Å². The van der Waals surface area contributed by atoms with Gasteiger partial charge in [-0.25, -0.2) is 0 Å². The van der Waals surface area contributed by atoms with Crippen molar-refractivity contribution in [2.24, 2.45) is 0 Å². The number of nitrogens with one attached hydrogen (secondary N) is 1. The van der Waals surface area contributed by atoms with Gasteiger partial charge in [-0.2, -0.15) is 0 Å². The number of hydrogen-bond donors (Lipinski definition) is 1. The number of nitro benzene ring substituents is 1. The fraction of sp³-hybridized carbons (Fsp3) is 0.250. The van der Waals surface area contributed by atoms with Crippen molar-refractivity contribution in [2.45, 2.75) is 13.5 Å². The monoisotopic (exact) mass is 314 g/mol. The molecule has 0 bridgehead atoms. The number of carbonyl (C=O) groups excluding carboxylic acids is 1. The van der Waals surface area contributed by atoms with Gasteiger partial charge in [0.15, 0.2) is 0 Å². The summed E-state index contributed by atoms with van der Waals surface area (Å²) in [6, 6.07) is 9.78. The third-order valence-electron chi connectivity index (χ3n) is 3.29. The van der Waals surface area contributed by atoms with Crippen LogP contribution in [0.25, 0.3) is 0 Å². The highest BCUT2D eigenvalue weighted by Gasteiger charge is 2.17. The van der Waals surface area contributed by atoms with E-state index in [2.05, 4.69) is 10.3 Å². The zero-order chi connectivity index (χ0) is 17.0. The quantitative estimate of drug-likeness (QED) is 0.675. The van der Waals surface area contributed by atoms with Gasteiger partial charge in [-0.05, 0) is 25.1 Å². The van der Waals surface area contributed by atoms with E-state index in [0.717, 1.165) is 11.4 Å². The Morgan fingerprint density at radius 1 is 1.30 bits per heavy atom. The Bertz CT molecular complexity index is 744. The zero-order valence-electron chi connectivity index (χ0n) is 13.2. The molecule has 7 heteroatoms. The molecule has 0 atom stereocenters. The standard InChI is InChI=1S/C16H18N4O3/c1-11-5-4-6-12(18-11)10-17-16(21)14-9-13(20(22)23)7-8-15(14)19(2)3/h4-9H,10H2,1-3H3,(H,17,21). The number of hydrogen-bond acceptors (Lipinski definition) is 5. The van der Waals surface area contributed by atoms with E-state index in [0.29, 0.717) is 5.69 Å². The van der Waals surface area contributed by atoms with E-state index >= 15 is 0 Å². The van der Waals surface area contributed by atoms with Crippen molar-refractivity contribution in [1.82, 2.24) is 10.3 Å². The minimum atomic E-state index is -0.516. The number of carbonyl (C=O) groups is 1. The molecule has 0 saturated heterocycles. The second kappa shape index (κ2) is 6.87. The lowest BCUT2D eigenvalue weighted by Gasteiger charge is -2.17. The number of anilines is 1. The lowest BCUT2D eigenvalue weighted by Crippen LogP contribution is -2.26. The largest absolute Gasteiger partial charge is 0.377 e. The minimum absolute atomic E-state index is 0.116. The van der Waals surface area contributed by atoms with Gasteiger partial charge >= 0.3 is 0 Å². The van der Waals surface area contributed by atoms with Crippen LogP contribution in [0.2, 0.25) is 0 Å². The molecule has 7 nitrogen and oxygen atoms in total. The molecule has 120 valence electrons. The summed E-state index contributed by atoms with van der Waals surface area (Å²) < 4.78 is 0. The molecular weight excluding hydrogens is 296 g/mol. The van der Waals surface area contributed by atoms with Gasteiger partial charge in [0.1, 0.15) is 0 Å². The lowest BCUT2D eigenvalue weighted by molar-refractivity contribution is -0.384. The van der Waals surface area contributed by atoms with Crippen LogP contribution in [-0.4, -0.2) is 29.9 Å². The van der Waals surface area contributed by atoms with Crippen molar-refractivity contribution in [3.05, 3.63) is 63.5 Å². The fourth-order valence-electron chi connectivity index (χ4n) is 2.17. The molecule has 0 aliphatic carbocycles. The fourth-order valence-corrected chi connectivity index (χ4v) is 2.17. The van der Waals surface area contributed by atoms with E-state index in [1.54, 1.807) is 25.1 Å². The van der Waals surface area contributed by atoms with Gasteiger partial charge in [0, 0.05) is 37.6 Å². The van der Waals surface area contributed by atoms with Gasteiger partial charge in [-0.15, -0.1) is 0 Å². The van der Waals surface area contributed by atoms with Gasteiger partial charge in [0.25, 0.3) is 11.6 Å². The Labute approximate surface area is 134 Å². The number of rotatable bonds is 5. The second-order valence-electron chi connectivity index (χ2n) is 5.31. The molecule has 2 rings (SSSR count). The number of pyridine rings is 1. The van der Waals surface area contributed by atoms with Crippen LogP contribution in [0.5, 0.6) is 0 Å². The predicted octanol–water partition coefficient (Wildman–Crippen LogP) is 2.29. The van der Waals surface area contributed by atoms with Crippen LogP contribution < -0.4 is 10.2 Å². The molecule has 0 aliphatic rings. The van der Waals surface area contributed by atoms with Gasteiger partial charge < -0.3 is 10.2 Å². The minimum Gasteiger partial charge on any atom is -0.377 e. The maximum Gasteiger partial charge on any atom is 0.270 e. The van der Waals surface area contributed by atoms with Crippen LogP contribution in [-0.2, 0) is 6.54 Å². The Hall–Kier alpha value is -2.96. The van der Waals surface area contributed by atoms with Crippen molar-refractivity contribution >= 4 is 17.3 Å². The van der Waals surface area contributed by atoms with Gasteiger partial charge in [-0.3, -0.25) is 19.9 Å². The summed E-state index contributed by atoms with van der Waals surface area (Å²) in [5.74, 6) is -0.374. The number of nitro groups is 1. The first-order chi connectivity index (χ1) is 10.9. The maximum atomic E-state index is 12.4. The number of amides is 1. The third-order valence-corrected chi connectivity index (χ3v) is 3.29. The summed E-state index contributed by atoms with van der Waals surface area (Å²) in [6.45, 7) is 2.13. The number of aryl methyl sites for hydroxylation is 1. The normalized spacial score (nSPS) is 10.2. The van der Waals surface area contributed by atoms with Crippen molar-refractivity contribution in [2.75, 3.05) is 19.0 Å². The lowest BCUT2D eigenvalue weighted by atomic mass is 10.1. The summed E-state index contributed by atoms with van der Waals surface area (Å²) in [6.07, 6.45) is 0. The highest BCUT2D eigenvalue weighted by molar-refractivity contribution is 6.00. The Morgan fingerprint density at radius 3 is 2.65 bits per heavy atom. The second-order valence-corrected chi connectivity index (χ2v) is 5.31. The number of aromatic nitrogens is 1. The van der Waals surface area contributed by atoms with E-state index in [-0.39, 0.29) is 23.7 Å².